The van der Waals surface area contributed by atoms with Crippen LogP contribution in [-0.4, -0.2) is 52.8 Å². The lowest BCUT2D eigenvalue weighted by atomic mass is 10.2. The van der Waals surface area contributed by atoms with Gasteiger partial charge in [-0.05, 0) is 18.6 Å². The molecule has 0 spiro atoms. The summed E-state index contributed by atoms with van der Waals surface area (Å²) in [6.45, 7) is 3.29. The first-order valence-corrected chi connectivity index (χ1v) is 6.87. The average Bonchev–Trinajstić information content (AvgIpc) is 2.71. The second-order valence-electron chi connectivity index (χ2n) is 5.08. The number of carbonyl (C=O) groups excluding carboxylic acids is 2. The van der Waals surface area contributed by atoms with Crippen LogP contribution < -0.4 is 0 Å². The molecule has 0 atom stereocenters. The Kier molecular flexibility index (Phi) is 4.68. The summed E-state index contributed by atoms with van der Waals surface area (Å²) < 4.78 is 37.4. The Morgan fingerprint density at radius 1 is 1.09 bits per heavy atom. The third-order valence-corrected chi connectivity index (χ3v) is 3.53. The van der Waals surface area contributed by atoms with Crippen LogP contribution in [0.5, 0.6) is 0 Å². The lowest BCUT2D eigenvalue weighted by molar-refractivity contribution is -0.141. The fourth-order valence-corrected chi connectivity index (χ4v) is 2.31. The zero-order chi connectivity index (χ0) is 16.3. The number of pyridine rings is 1. The van der Waals surface area contributed by atoms with Crippen LogP contribution in [0.25, 0.3) is 0 Å². The molecular weight excluding hydrogens is 299 g/mol. The predicted molar refractivity (Wildman–Crippen MR) is 72.0 cm³/mol. The number of alkyl halides is 3. The van der Waals surface area contributed by atoms with Crippen LogP contribution in [0.3, 0.4) is 0 Å². The fraction of sp³-hybridized carbons (Fsp3) is 0.500. The second-order valence-corrected chi connectivity index (χ2v) is 5.08. The van der Waals surface area contributed by atoms with E-state index in [1.165, 1.54) is 11.8 Å². The number of amides is 2. The van der Waals surface area contributed by atoms with Crippen LogP contribution >= 0.6 is 0 Å². The van der Waals surface area contributed by atoms with Crippen LogP contribution in [0.15, 0.2) is 18.3 Å². The first-order chi connectivity index (χ1) is 10.3. The van der Waals surface area contributed by atoms with E-state index < -0.39 is 11.9 Å². The van der Waals surface area contributed by atoms with Gasteiger partial charge in [0.25, 0.3) is 5.91 Å². The molecule has 120 valence electrons. The first-order valence-electron chi connectivity index (χ1n) is 6.87. The molecule has 0 N–H and O–H groups in total. The molecule has 8 heteroatoms. The van der Waals surface area contributed by atoms with Crippen LogP contribution in [-0.2, 0) is 11.0 Å². The molecule has 5 nitrogen and oxygen atoms in total. The molecule has 1 saturated heterocycles. The zero-order valence-electron chi connectivity index (χ0n) is 12.1. The summed E-state index contributed by atoms with van der Waals surface area (Å²) in [5.74, 6) is -0.419. The van der Waals surface area contributed by atoms with Crippen molar-refractivity contribution < 1.29 is 22.8 Å². The largest absolute Gasteiger partial charge is 0.433 e. The van der Waals surface area contributed by atoms with Gasteiger partial charge in [0.15, 0.2) is 0 Å². The van der Waals surface area contributed by atoms with Gasteiger partial charge in [-0.2, -0.15) is 13.2 Å². The number of nitrogens with zero attached hydrogens (tertiary/aromatic N) is 3. The Morgan fingerprint density at radius 3 is 2.27 bits per heavy atom. The van der Waals surface area contributed by atoms with Crippen molar-refractivity contribution in [2.45, 2.75) is 19.5 Å². The Morgan fingerprint density at radius 2 is 1.73 bits per heavy atom. The first kappa shape index (κ1) is 16.3. The molecule has 1 fully saturated rings. The lowest BCUT2D eigenvalue weighted by Gasteiger charge is -2.21. The minimum absolute atomic E-state index is 0.0505. The summed E-state index contributed by atoms with van der Waals surface area (Å²) in [5.41, 5.74) is -0.910. The molecule has 2 rings (SSSR count). The van der Waals surface area contributed by atoms with Gasteiger partial charge in [0, 0.05) is 39.3 Å². The number of aromatic nitrogens is 1. The van der Waals surface area contributed by atoms with E-state index >= 15 is 0 Å². The summed E-state index contributed by atoms with van der Waals surface area (Å²) in [7, 11) is 0. The Bertz CT molecular complexity index is 557. The molecule has 2 amide bonds. The van der Waals surface area contributed by atoms with E-state index in [1.54, 1.807) is 4.90 Å². The number of hydrogen-bond donors (Lipinski definition) is 0. The van der Waals surface area contributed by atoms with Crippen LogP contribution in [0.4, 0.5) is 13.2 Å². The van der Waals surface area contributed by atoms with E-state index in [-0.39, 0.29) is 17.4 Å². The summed E-state index contributed by atoms with van der Waals surface area (Å²) in [6.07, 6.45) is -2.94. The third kappa shape index (κ3) is 3.75. The van der Waals surface area contributed by atoms with Crippen molar-refractivity contribution in [2.24, 2.45) is 0 Å². The van der Waals surface area contributed by atoms with Gasteiger partial charge in [0.05, 0.1) is 5.56 Å². The van der Waals surface area contributed by atoms with Gasteiger partial charge in [-0.15, -0.1) is 0 Å². The maximum atomic E-state index is 12.5. The van der Waals surface area contributed by atoms with Crippen molar-refractivity contribution in [1.82, 2.24) is 14.8 Å². The molecule has 2 heterocycles. The topological polar surface area (TPSA) is 53.5 Å². The highest BCUT2D eigenvalue weighted by Gasteiger charge is 2.32. The number of halogens is 3. The normalized spacial score (nSPS) is 16.4. The maximum absolute atomic E-state index is 12.5. The monoisotopic (exact) mass is 315 g/mol. The smallest absolute Gasteiger partial charge is 0.341 e. The molecule has 1 aromatic rings. The van der Waals surface area contributed by atoms with E-state index in [0.29, 0.717) is 32.6 Å². The van der Waals surface area contributed by atoms with Gasteiger partial charge < -0.3 is 9.80 Å². The van der Waals surface area contributed by atoms with Gasteiger partial charge in [-0.25, -0.2) is 0 Å². The van der Waals surface area contributed by atoms with Gasteiger partial charge in [0.2, 0.25) is 5.91 Å². The minimum Gasteiger partial charge on any atom is -0.341 e. The van der Waals surface area contributed by atoms with Crippen molar-refractivity contribution in [3.05, 3.63) is 29.6 Å². The molecule has 0 bridgehead atoms. The molecule has 0 saturated carbocycles. The summed E-state index contributed by atoms with van der Waals surface area (Å²) in [4.78, 5) is 30.1. The van der Waals surface area contributed by atoms with Crippen LogP contribution in [0, 0.1) is 0 Å². The molecule has 0 aliphatic carbocycles. The van der Waals surface area contributed by atoms with E-state index in [1.807, 2.05) is 0 Å². The number of rotatable bonds is 1. The molecule has 0 unspecified atom stereocenters. The van der Waals surface area contributed by atoms with Gasteiger partial charge in [0.1, 0.15) is 5.69 Å². The molecule has 0 aromatic carbocycles. The van der Waals surface area contributed by atoms with Crippen LogP contribution in [0.2, 0.25) is 0 Å². The Hall–Kier alpha value is -2.12. The van der Waals surface area contributed by atoms with E-state index in [0.717, 1.165) is 18.3 Å². The maximum Gasteiger partial charge on any atom is 0.433 e. The molecular formula is C14H16F3N3O2. The average molecular weight is 315 g/mol. The van der Waals surface area contributed by atoms with Gasteiger partial charge in [-0.1, -0.05) is 0 Å². The van der Waals surface area contributed by atoms with E-state index in [9.17, 15) is 22.8 Å². The highest BCUT2D eigenvalue weighted by atomic mass is 19.4. The zero-order valence-corrected chi connectivity index (χ0v) is 12.1. The summed E-state index contributed by atoms with van der Waals surface area (Å²) >= 11 is 0. The minimum atomic E-state index is -4.52. The van der Waals surface area contributed by atoms with Crippen molar-refractivity contribution in [2.75, 3.05) is 26.2 Å². The highest BCUT2D eigenvalue weighted by Crippen LogP contribution is 2.27. The van der Waals surface area contributed by atoms with Crippen LogP contribution in [0.1, 0.15) is 29.4 Å². The molecule has 1 aromatic heterocycles. The number of hydrogen-bond acceptors (Lipinski definition) is 3. The molecule has 22 heavy (non-hydrogen) atoms. The van der Waals surface area contributed by atoms with Crippen molar-refractivity contribution in [1.29, 1.82) is 0 Å². The Balaban J connectivity index is 2.06. The molecule has 1 aliphatic heterocycles. The van der Waals surface area contributed by atoms with Gasteiger partial charge >= 0.3 is 6.18 Å². The van der Waals surface area contributed by atoms with E-state index in [2.05, 4.69) is 4.98 Å². The molecule has 0 radical (unpaired) electrons. The number of carbonyl (C=O) groups is 2. The van der Waals surface area contributed by atoms with Crippen molar-refractivity contribution >= 4 is 11.8 Å². The quantitative estimate of drug-likeness (QED) is 0.794. The Labute approximate surface area is 125 Å². The van der Waals surface area contributed by atoms with Gasteiger partial charge in [-0.3, -0.25) is 14.6 Å². The SMILES string of the molecule is CC(=O)N1CCCN(C(=O)c2ccc(C(F)(F)F)nc2)CC1. The summed E-state index contributed by atoms with van der Waals surface area (Å²) in [5, 5.41) is 0. The standard InChI is InChI=1S/C14H16F3N3O2/c1-10(21)19-5-2-6-20(8-7-19)13(22)11-3-4-12(18-9-11)14(15,16)17/h3-4,9H,2,5-8H2,1H3. The fourth-order valence-electron chi connectivity index (χ4n) is 2.31. The third-order valence-electron chi connectivity index (χ3n) is 3.53. The predicted octanol–water partition coefficient (Wildman–Crippen LogP) is 1.79. The lowest BCUT2D eigenvalue weighted by Crippen LogP contribution is -2.36. The second kappa shape index (κ2) is 6.33. The summed E-state index contributed by atoms with van der Waals surface area (Å²) in [6, 6.07) is 1.93. The van der Waals surface area contributed by atoms with E-state index in [4.69, 9.17) is 0 Å². The van der Waals surface area contributed by atoms with Crippen molar-refractivity contribution in [3.8, 4) is 0 Å². The highest BCUT2D eigenvalue weighted by molar-refractivity contribution is 5.94. The van der Waals surface area contributed by atoms with Crippen molar-refractivity contribution in [3.63, 3.8) is 0 Å². The molecule has 1 aliphatic rings.